The first-order chi connectivity index (χ1) is 13.8. The number of hydrogen-bond donors (Lipinski definition) is 1. The maximum Gasteiger partial charge on any atom is 0.433 e. The monoisotopic (exact) mass is 424 g/mol. The van der Waals surface area contributed by atoms with Crippen molar-refractivity contribution < 1.29 is 22.8 Å². The Morgan fingerprint density at radius 2 is 1.83 bits per heavy atom. The summed E-state index contributed by atoms with van der Waals surface area (Å²) in [7, 11) is 0. The summed E-state index contributed by atoms with van der Waals surface area (Å²) in [5.41, 5.74) is -0.304. The lowest BCUT2D eigenvalue weighted by molar-refractivity contribution is -0.141. The topological polar surface area (TPSA) is 75.2 Å². The van der Waals surface area contributed by atoms with Gasteiger partial charge in [0.05, 0.1) is 5.75 Å². The largest absolute Gasteiger partial charge is 0.433 e. The van der Waals surface area contributed by atoms with Crippen molar-refractivity contribution in [2.45, 2.75) is 24.2 Å². The first-order valence-electron chi connectivity index (χ1n) is 8.99. The third kappa shape index (κ3) is 5.93. The fourth-order valence-electron chi connectivity index (χ4n) is 2.94. The van der Waals surface area contributed by atoms with E-state index in [1.54, 1.807) is 4.90 Å². The molecular weight excluding hydrogens is 405 g/mol. The van der Waals surface area contributed by atoms with Gasteiger partial charge < -0.3 is 10.2 Å². The van der Waals surface area contributed by atoms with Gasteiger partial charge in [0.1, 0.15) is 5.69 Å². The number of carbonyl (C=O) groups excluding carboxylic acids is 2. The van der Waals surface area contributed by atoms with E-state index in [2.05, 4.69) is 15.3 Å². The number of nitrogens with zero attached hydrogens (tertiary/aromatic N) is 3. The number of aromatic nitrogens is 2. The second-order valence-electron chi connectivity index (χ2n) is 6.52. The van der Waals surface area contributed by atoms with Gasteiger partial charge in [0.2, 0.25) is 11.8 Å². The molecule has 2 amide bonds. The number of hydrogen-bond acceptors (Lipinski definition) is 5. The molecule has 1 aromatic heterocycles. The molecule has 0 atom stereocenters. The molecule has 154 valence electrons. The fraction of sp³-hybridized carbons (Fsp3) is 0.368. The van der Waals surface area contributed by atoms with E-state index < -0.39 is 11.9 Å². The van der Waals surface area contributed by atoms with Crippen LogP contribution in [0.4, 0.5) is 18.9 Å². The summed E-state index contributed by atoms with van der Waals surface area (Å²) in [6.45, 7) is 0.853. The molecule has 0 spiro atoms. The van der Waals surface area contributed by atoms with Crippen molar-refractivity contribution in [2.24, 2.45) is 5.92 Å². The predicted molar refractivity (Wildman–Crippen MR) is 102 cm³/mol. The molecule has 3 rings (SSSR count). The van der Waals surface area contributed by atoms with E-state index in [-0.39, 0.29) is 28.6 Å². The highest BCUT2D eigenvalue weighted by Gasteiger charge is 2.33. The zero-order valence-electron chi connectivity index (χ0n) is 15.4. The molecule has 2 heterocycles. The highest BCUT2D eigenvalue weighted by Crippen LogP contribution is 2.28. The van der Waals surface area contributed by atoms with Crippen molar-refractivity contribution in [1.29, 1.82) is 0 Å². The maximum absolute atomic E-state index is 12.7. The number of anilines is 1. The normalized spacial score (nSPS) is 15.2. The van der Waals surface area contributed by atoms with Gasteiger partial charge in [-0.25, -0.2) is 9.97 Å². The molecule has 0 saturated carbocycles. The molecule has 1 N–H and O–H groups in total. The Hall–Kier alpha value is -2.62. The molecule has 1 fully saturated rings. The van der Waals surface area contributed by atoms with E-state index >= 15 is 0 Å². The minimum absolute atomic E-state index is 0.0534. The third-order valence-corrected chi connectivity index (χ3v) is 5.35. The minimum atomic E-state index is -4.55. The number of nitrogens with one attached hydrogen (secondary N) is 1. The predicted octanol–water partition coefficient (Wildman–Crippen LogP) is 3.46. The van der Waals surface area contributed by atoms with Gasteiger partial charge in [0, 0.05) is 30.9 Å². The van der Waals surface area contributed by atoms with Crippen LogP contribution in [0, 0.1) is 5.92 Å². The van der Waals surface area contributed by atoms with Crippen LogP contribution in [-0.4, -0.2) is 45.5 Å². The van der Waals surface area contributed by atoms with Gasteiger partial charge >= 0.3 is 6.18 Å². The van der Waals surface area contributed by atoms with E-state index in [4.69, 9.17) is 0 Å². The highest BCUT2D eigenvalue weighted by molar-refractivity contribution is 7.99. The number of para-hydroxylation sites is 1. The molecule has 6 nitrogen and oxygen atoms in total. The summed E-state index contributed by atoms with van der Waals surface area (Å²) in [4.78, 5) is 33.5. The Labute approximate surface area is 169 Å². The number of benzene rings is 1. The fourth-order valence-corrected chi connectivity index (χ4v) is 3.68. The second kappa shape index (κ2) is 9.25. The minimum Gasteiger partial charge on any atom is -0.342 e. The van der Waals surface area contributed by atoms with Crippen LogP contribution in [0.3, 0.4) is 0 Å². The summed E-state index contributed by atoms with van der Waals surface area (Å²) in [6.07, 6.45) is -2.45. The second-order valence-corrected chi connectivity index (χ2v) is 7.46. The summed E-state index contributed by atoms with van der Waals surface area (Å²) < 4.78 is 38.1. The van der Waals surface area contributed by atoms with Crippen molar-refractivity contribution in [3.8, 4) is 0 Å². The van der Waals surface area contributed by atoms with E-state index in [1.165, 1.54) is 0 Å². The van der Waals surface area contributed by atoms with Gasteiger partial charge in [-0.15, -0.1) is 0 Å². The van der Waals surface area contributed by atoms with Gasteiger partial charge in [-0.05, 0) is 31.0 Å². The smallest absolute Gasteiger partial charge is 0.342 e. The highest BCUT2D eigenvalue weighted by atomic mass is 32.2. The molecule has 1 aliphatic rings. The number of thioether (sulfide) groups is 1. The zero-order valence-corrected chi connectivity index (χ0v) is 16.2. The molecule has 1 saturated heterocycles. The average molecular weight is 424 g/mol. The molecule has 1 aromatic carbocycles. The molecule has 0 bridgehead atoms. The van der Waals surface area contributed by atoms with Crippen LogP contribution in [0.25, 0.3) is 0 Å². The number of alkyl halides is 3. The number of halogens is 3. The summed E-state index contributed by atoms with van der Waals surface area (Å²) in [5, 5.41) is 2.77. The number of carbonyl (C=O) groups is 2. The Balaban J connectivity index is 1.46. The molecule has 10 heteroatoms. The first kappa shape index (κ1) is 21.1. The van der Waals surface area contributed by atoms with Crippen LogP contribution in [-0.2, 0) is 15.8 Å². The van der Waals surface area contributed by atoms with Crippen molar-refractivity contribution >= 4 is 29.3 Å². The van der Waals surface area contributed by atoms with E-state index in [0.29, 0.717) is 25.9 Å². The van der Waals surface area contributed by atoms with Crippen molar-refractivity contribution in [3.05, 3.63) is 48.3 Å². The Morgan fingerprint density at radius 1 is 1.14 bits per heavy atom. The van der Waals surface area contributed by atoms with E-state index in [1.807, 2.05) is 30.3 Å². The molecule has 0 radical (unpaired) electrons. The third-order valence-electron chi connectivity index (χ3n) is 4.51. The molecule has 2 aromatic rings. The summed E-state index contributed by atoms with van der Waals surface area (Å²) >= 11 is 0.869. The lowest BCUT2D eigenvalue weighted by Gasteiger charge is -2.31. The molecule has 29 heavy (non-hydrogen) atoms. The van der Waals surface area contributed by atoms with Crippen LogP contribution in [0.5, 0.6) is 0 Å². The molecular formula is C19H19F3N4O2S. The van der Waals surface area contributed by atoms with E-state index in [9.17, 15) is 22.8 Å². The van der Waals surface area contributed by atoms with Gasteiger partial charge in [-0.2, -0.15) is 13.2 Å². The van der Waals surface area contributed by atoms with Crippen molar-refractivity contribution in [3.63, 3.8) is 0 Å². The molecule has 0 unspecified atom stereocenters. The molecule has 1 aliphatic heterocycles. The van der Waals surface area contributed by atoms with Crippen molar-refractivity contribution in [1.82, 2.24) is 14.9 Å². The number of piperidine rings is 1. The van der Waals surface area contributed by atoms with Gasteiger partial charge in [0.15, 0.2) is 5.16 Å². The summed E-state index contributed by atoms with van der Waals surface area (Å²) in [5.74, 6) is -0.519. The van der Waals surface area contributed by atoms with Crippen LogP contribution in [0.15, 0.2) is 47.8 Å². The number of rotatable bonds is 5. The van der Waals surface area contributed by atoms with Crippen LogP contribution >= 0.6 is 11.8 Å². The van der Waals surface area contributed by atoms with Crippen molar-refractivity contribution in [2.75, 3.05) is 24.2 Å². The maximum atomic E-state index is 12.7. The Kier molecular flexibility index (Phi) is 6.73. The van der Waals surface area contributed by atoms with Gasteiger partial charge in [0.25, 0.3) is 0 Å². The average Bonchev–Trinajstić information content (AvgIpc) is 2.72. The Bertz CT molecular complexity index is 856. The first-order valence-corrected chi connectivity index (χ1v) is 9.98. The van der Waals surface area contributed by atoms with Crippen LogP contribution in [0.1, 0.15) is 18.5 Å². The van der Waals surface area contributed by atoms with Crippen LogP contribution < -0.4 is 5.32 Å². The lowest BCUT2D eigenvalue weighted by atomic mass is 9.96. The van der Waals surface area contributed by atoms with Crippen LogP contribution in [0.2, 0.25) is 0 Å². The summed E-state index contributed by atoms with van der Waals surface area (Å²) in [6, 6.07) is 9.94. The Morgan fingerprint density at radius 3 is 2.48 bits per heavy atom. The molecule has 0 aliphatic carbocycles. The van der Waals surface area contributed by atoms with Gasteiger partial charge in [-0.1, -0.05) is 30.0 Å². The zero-order chi connectivity index (χ0) is 20.9. The number of likely N-dealkylation sites (tertiary alicyclic amines) is 1. The lowest BCUT2D eigenvalue weighted by Crippen LogP contribution is -2.42. The van der Waals surface area contributed by atoms with Gasteiger partial charge in [-0.3, -0.25) is 9.59 Å². The quantitative estimate of drug-likeness (QED) is 0.588. The number of amides is 2. The SMILES string of the molecule is O=C(Nc1ccccc1)C1CCN(C(=O)CSc2nccc(C(F)(F)F)n2)CC1. The standard InChI is InChI=1S/C19H19F3N4O2S/c20-19(21,22)15-6-9-23-18(25-15)29-12-16(27)26-10-7-13(8-11-26)17(28)24-14-4-2-1-3-5-14/h1-6,9,13H,7-8,10-12H2,(H,24,28). The van der Waals surface area contributed by atoms with E-state index in [0.717, 1.165) is 29.7 Å².